The van der Waals surface area contributed by atoms with Crippen LogP contribution in [0, 0.1) is 0 Å². The molecule has 0 bridgehead atoms. The van der Waals surface area contributed by atoms with Crippen molar-refractivity contribution in [2.75, 3.05) is 4.90 Å². The van der Waals surface area contributed by atoms with Gasteiger partial charge in [-0.25, -0.2) is 0 Å². The minimum atomic E-state index is -0.153. The van der Waals surface area contributed by atoms with E-state index in [4.69, 9.17) is 0 Å². The van der Waals surface area contributed by atoms with Crippen molar-refractivity contribution in [1.29, 1.82) is 0 Å². The molecule has 0 amide bonds. The normalized spacial score (nSPS) is 13.0. The van der Waals surface area contributed by atoms with Crippen molar-refractivity contribution >= 4 is 49.4 Å². The van der Waals surface area contributed by atoms with Crippen LogP contribution < -0.4 is 4.90 Å². The molecule has 0 spiro atoms. The van der Waals surface area contributed by atoms with Gasteiger partial charge in [0.25, 0.3) is 0 Å². The molecule has 246 valence electrons. The fourth-order valence-corrected chi connectivity index (χ4v) is 8.71. The number of hydrogen-bond acceptors (Lipinski definition) is 1. The second kappa shape index (κ2) is 11.8. The molecule has 0 atom stereocenters. The van der Waals surface area contributed by atoms with E-state index in [0.29, 0.717) is 0 Å². The van der Waals surface area contributed by atoms with Crippen LogP contribution in [0.3, 0.4) is 0 Å². The average molecular weight is 664 g/mol. The number of hydrogen-bond donors (Lipinski definition) is 0. The molecule has 1 aliphatic carbocycles. The fourth-order valence-electron chi connectivity index (χ4n) is 8.71. The standard InChI is InChI=1S/C51H37N/c1-51(2)47-31-27-36(34-24-28-40(29-25-34)52(38-16-5-3-6-17-38)39-18-7-4-8-19-39)32-46(47)50-44(30-26-35-15-13-23-48(51)49(35)50)45-33-37-14-9-10-20-41(37)42-21-11-12-22-43(42)45/h3-33H,1-2H3. The second-order valence-corrected chi connectivity index (χ2v) is 14.5. The van der Waals surface area contributed by atoms with Gasteiger partial charge in [0.05, 0.1) is 0 Å². The third-order valence-electron chi connectivity index (χ3n) is 11.2. The van der Waals surface area contributed by atoms with E-state index in [2.05, 4.69) is 207 Å². The van der Waals surface area contributed by atoms with E-state index >= 15 is 0 Å². The molecule has 0 aromatic heterocycles. The van der Waals surface area contributed by atoms with E-state index in [1.54, 1.807) is 0 Å². The molecule has 1 nitrogen and oxygen atoms in total. The van der Waals surface area contributed by atoms with Crippen molar-refractivity contribution in [3.05, 3.63) is 199 Å². The summed E-state index contributed by atoms with van der Waals surface area (Å²) in [5.74, 6) is 0. The van der Waals surface area contributed by atoms with Crippen LogP contribution in [-0.2, 0) is 5.41 Å². The smallest absolute Gasteiger partial charge is 0.0462 e. The van der Waals surface area contributed by atoms with Crippen molar-refractivity contribution in [2.24, 2.45) is 0 Å². The van der Waals surface area contributed by atoms with E-state index in [1.165, 1.54) is 76.8 Å². The molecule has 10 rings (SSSR count). The first kappa shape index (κ1) is 30.4. The molecule has 9 aromatic rings. The van der Waals surface area contributed by atoms with Gasteiger partial charge in [-0.1, -0.05) is 153 Å². The summed E-state index contributed by atoms with van der Waals surface area (Å²) in [7, 11) is 0. The maximum absolute atomic E-state index is 2.45. The first-order valence-electron chi connectivity index (χ1n) is 18.2. The molecule has 0 N–H and O–H groups in total. The predicted molar refractivity (Wildman–Crippen MR) is 222 cm³/mol. The third-order valence-corrected chi connectivity index (χ3v) is 11.2. The van der Waals surface area contributed by atoms with E-state index in [0.717, 1.165) is 17.1 Å². The molecule has 0 fully saturated rings. The maximum atomic E-state index is 2.45. The van der Waals surface area contributed by atoms with Gasteiger partial charge in [-0.15, -0.1) is 0 Å². The Hall–Kier alpha value is -6.44. The molecular weight excluding hydrogens is 627 g/mol. The lowest BCUT2D eigenvalue weighted by atomic mass is 9.67. The van der Waals surface area contributed by atoms with Gasteiger partial charge < -0.3 is 4.90 Å². The zero-order valence-electron chi connectivity index (χ0n) is 29.3. The number of para-hydroxylation sites is 2. The summed E-state index contributed by atoms with van der Waals surface area (Å²) in [4.78, 5) is 2.32. The predicted octanol–water partition coefficient (Wildman–Crippen LogP) is 14.3. The molecule has 1 heteroatoms. The Bertz CT molecular complexity index is 2750. The first-order chi connectivity index (χ1) is 25.6. The zero-order valence-corrected chi connectivity index (χ0v) is 29.3. The van der Waals surface area contributed by atoms with Crippen LogP contribution in [0.2, 0.25) is 0 Å². The van der Waals surface area contributed by atoms with Gasteiger partial charge in [0.15, 0.2) is 0 Å². The van der Waals surface area contributed by atoms with Crippen molar-refractivity contribution in [3.63, 3.8) is 0 Å². The van der Waals surface area contributed by atoms with Gasteiger partial charge in [0.2, 0.25) is 0 Å². The zero-order chi connectivity index (χ0) is 34.8. The Morgan fingerprint density at radius 3 is 1.69 bits per heavy atom. The van der Waals surface area contributed by atoms with Crippen LogP contribution in [0.25, 0.3) is 65.7 Å². The highest BCUT2D eigenvalue weighted by Gasteiger charge is 2.35. The maximum Gasteiger partial charge on any atom is 0.0462 e. The van der Waals surface area contributed by atoms with Gasteiger partial charge >= 0.3 is 0 Å². The number of benzene rings is 9. The van der Waals surface area contributed by atoms with Crippen molar-refractivity contribution in [1.82, 2.24) is 0 Å². The summed E-state index contributed by atoms with van der Waals surface area (Å²) in [5, 5.41) is 7.79. The lowest BCUT2D eigenvalue weighted by Crippen LogP contribution is -2.24. The Balaban J connectivity index is 1.17. The molecule has 0 saturated carbocycles. The highest BCUT2D eigenvalue weighted by Crippen LogP contribution is 2.53. The summed E-state index contributed by atoms with van der Waals surface area (Å²) in [5.41, 5.74) is 13.6. The summed E-state index contributed by atoms with van der Waals surface area (Å²) >= 11 is 0. The Labute approximate surface area is 305 Å². The number of rotatable bonds is 5. The van der Waals surface area contributed by atoms with Gasteiger partial charge in [0.1, 0.15) is 0 Å². The van der Waals surface area contributed by atoms with Crippen LogP contribution in [0.5, 0.6) is 0 Å². The van der Waals surface area contributed by atoms with Crippen molar-refractivity contribution < 1.29 is 0 Å². The SMILES string of the molecule is CC1(C)c2ccc(-c3ccc(N(c4ccccc4)c4ccccc4)cc3)cc2-c2c(-c3cc4ccccc4c4ccccc34)ccc3cccc1c23. The summed E-state index contributed by atoms with van der Waals surface area (Å²) in [6.07, 6.45) is 0. The molecule has 0 heterocycles. The molecule has 0 unspecified atom stereocenters. The van der Waals surface area contributed by atoms with Crippen LogP contribution in [-0.4, -0.2) is 0 Å². The minimum Gasteiger partial charge on any atom is -0.311 e. The van der Waals surface area contributed by atoms with Gasteiger partial charge in [-0.3, -0.25) is 0 Å². The van der Waals surface area contributed by atoms with Crippen LogP contribution >= 0.6 is 0 Å². The molecule has 9 aromatic carbocycles. The molecule has 0 aliphatic heterocycles. The van der Waals surface area contributed by atoms with Crippen LogP contribution in [0.15, 0.2) is 188 Å². The summed E-state index contributed by atoms with van der Waals surface area (Å²) < 4.78 is 0. The highest BCUT2D eigenvalue weighted by molar-refractivity contribution is 6.18. The molecular formula is C51H37N. The topological polar surface area (TPSA) is 3.24 Å². The first-order valence-corrected chi connectivity index (χ1v) is 18.2. The highest BCUT2D eigenvalue weighted by atomic mass is 15.1. The lowest BCUT2D eigenvalue weighted by Gasteiger charge is -2.36. The number of fused-ring (bicyclic) bond motifs is 5. The minimum absolute atomic E-state index is 0.153. The Kier molecular flexibility index (Phi) is 6.91. The summed E-state index contributed by atoms with van der Waals surface area (Å²) in [6, 6.07) is 69.1. The quantitative estimate of drug-likeness (QED) is 0.166. The van der Waals surface area contributed by atoms with Crippen molar-refractivity contribution in [3.8, 4) is 33.4 Å². The number of anilines is 3. The number of nitrogens with zero attached hydrogens (tertiary/aromatic N) is 1. The van der Waals surface area contributed by atoms with Crippen molar-refractivity contribution in [2.45, 2.75) is 19.3 Å². The Morgan fingerprint density at radius 1 is 0.365 bits per heavy atom. The van der Waals surface area contributed by atoms with E-state index in [9.17, 15) is 0 Å². The largest absolute Gasteiger partial charge is 0.311 e. The molecule has 1 aliphatic rings. The average Bonchev–Trinajstić information content (AvgIpc) is 3.20. The van der Waals surface area contributed by atoms with Crippen LogP contribution in [0.1, 0.15) is 25.0 Å². The van der Waals surface area contributed by atoms with E-state index in [-0.39, 0.29) is 5.41 Å². The second-order valence-electron chi connectivity index (χ2n) is 14.5. The lowest BCUT2D eigenvalue weighted by molar-refractivity contribution is 0.645. The monoisotopic (exact) mass is 663 g/mol. The molecule has 52 heavy (non-hydrogen) atoms. The molecule has 0 radical (unpaired) electrons. The Morgan fingerprint density at radius 2 is 0.962 bits per heavy atom. The van der Waals surface area contributed by atoms with E-state index in [1.807, 2.05) is 0 Å². The van der Waals surface area contributed by atoms with Gasteiger partial charge in [-0.2, -0.15) is 0 Å². The molecule has 0 saturated heterocycles. The third kappa shape index (κ3) is 4.70. The van der Waals surface area contributed by atoms with Gasteiger partial charge in [0, 0.05) is 22.5 Å². The summed E-state index contributed by atoms with van der Waals surface area (Å²) in [6.45, 7) is 4.77. The van der Waals surface area contributed by atoms with E-state index < -0.39 is 0 Å². The van der Waals surface area contributed by atoms with Gasteiger partial charge in [-0.05, 0) is 125 Å². The van der Waals surface area contributed by atoms with Crippen LogP contribution in [0.4, 0.5) is 17.1 Å². The fraction of sp³-hybridized carbons (Fsp3) is 0.0588.